The molecule has 0 fully saturated rings. The van der Waals surface area contributed by atoms with Crippen LogP contribution in [-0.2, 0) is 14.3 Å². The summed E-state index contributed by atoms with van der Waals surface area (Å²) in [5, 5.41) is 11.4. The first-order valence-electron chi connectivity index (χ1n) is 7.56. The predicted molar refractivity (Wildman–Crippen MR) is 86.7 cm³/mol. The summed E-state index contributed by atoms with van der Waals surface area (Å²) in [6.07, 6.45) is -2.01. The van der Waals surface area contributed by atoms with Gasteiger partial charge in [-0.15, -0.1) is 0 Å². The molecule has 0 aliphatic heterocycles. The summed E-state index contributed by atoms with van der Waals surface area (Å²) in [4.78, 5) is 34.9. The largest absolute Gasteiger partial charge is 0.481 e. The molecule has 1 aromatic carbocycles. The van der Waals surface area contributed by atoms with Crippen LogP contribution in [0.2, 0.25) is 0 Å². The average Bonchev–Trinajstić information content (AvgIpc) is 2.44. The third-order valence-corrected chi connectivity index (χ3v) is 2.97. The molecule has 0 aromatic heterocycles. The highest BCUT2D eigenvalue weighted by atomic mass is 16.6. The maximum atomic E-state index is 12.0. The van der Waals surface area contributed by atoms with Crippen LogP contribution in [0.1, 0.15) is 44.5 Å². The molecule has 132 valence electrons. The number of hydrogen-bond acceptors (Lipinski definition) is 5. The number of rotatable bonds is 6. The van der Waals surface area contributed by atoms with Crippen molar-refractivity contribution >= 4 is 18.0 Å². The van der Waals surface area contributed by atoms with Crippen molar-refractivity contribution < 1.29 is 29.0 Å². The summed E-state index contributed by atoms with van der Waals surface area (Å²) in [6, 6.07) is 7.40. The second-order valence-electron chi connectivity index (χ2n) is 6.33. The van der Waals surface area contributed by atoms with Crippen LogP contribution >= 0.6 is 0 Å². The first kappa shape index (κ1) is 19.5. The monoisotopic (exact) mass is 337 g/mol. The molecule has 24 heavy (non-hydrogen) atoms. The maximum absolute atomic E-state index is 12.0. The molecule has 1 unspecified atom stereocenters. The highest BCUT2D eigenvalue weighted by Crippen LogP contribution is 2.11. The molecule has 2 N–H and O–H groups in total. The zero-order chi connectivity index (χ0) is 18.3. The summed E-state index contributed by atoms with van der Waals surface area (Å²) in [5.41, 5.74) is -0.377. The molecule has 1 aromatic rings. The number of alkyl carbamates (subject to hydrolysis) is 1. The number of carbonyl (C=O) groups excluding carboxylic acids is 2. The first-order valence-corrected chi connectivity index (χ1v) is 7.56. The molecule has 0 spiro atoms. The molecule has 1 rings (SSSR count). The van der Waals surface area contributed by atoms with E-state index in [0.717, 1.165) is 0 Å². The van der Waals surface area contributed by atoms with Gasteiger partial charge in [0.15, 0.2) is 0 Å². The van der Waals surface area contributed by atoms with E-state index in [1.807, 2.05) is 0 Å². The fraction of sp³-hybridized carbons (Fsp3) is 0.471. The van der Waals surface area contributed by atoms with Crippen LogP contribution in [0.25, 0.3) is 0 Å². The zero-order valence-corrected chi connectivity index (χ0v) is 14.2. The second-order valence-corrected chi connectivity index (χ2v) is 6.33. The van der Waals surface area contributed by atoms with Crippen molar-refractivity contribution in [2.45, 2.75) is 51.9 Å². The maximum Gasteiger partial charge on any atom is 0.408 e. The van der Waals surface area contributed by atoms with Gasteiger partial charge in [0.25, 0.3) is 0 Å². The van der Waals surface area contributed by atoms with E-state index in [-0.39, 0.29) is 0 Å². The fourth-order valence-electron chi connectivity index (χ4n) is 1.87. The number of nitrogens with one attached hydrogen (secondary N) is 1. The Bertz CT molecular complexity index is 578. The van der Waals surface area contributed by atoms with Gasteiger partial charge in [0, 0.05) is 0 Å². The third-order valence-electron chi connectivity index (χ3n) is 2.97. The molecule has 0 aliphatic rings. The van der Waals surface area contributed by atoms with E-state index in [9.17, 15) is 14.4 Å². The standard InChI is InChI=1S/C17H23NO6/c1-11(23-15(21)12-8-6-5-7-9-12)13(10-14(19)20)18-16(22)24-17(2,3)4/h5-9,11,13H,10H2,1-4H3,(H,18,22)(H,19,20)/t11?,13-/m0/s1. The first-order chi connectivity index (χ1) is 11.1. The Hall–Kier alpha value is -2.57. The number of ether oxygens (including phenoxy) is 2. The van der Waals surface area contributed by atoms with Gasteiger partial charge < -0.3 is 19.9 Å². The van der Waals surface area contributed by atoms with Crippen LogP contribution in [0.15, 0.2) is 30.3 Å². The molecule has 0 heterocycles. The fourth-order valence-corrected chi connectivity index (χ4v) is 1.87. The van der Waals surface area contributed by atoms with E-state index in [2.05, 4.69) is 5.32 Å². The smallest absolute Gasteiger partial charge is 0.408 e. The topological polar surface area (TPSA) is 102 Å². The van der Waals surface area contributed by atoms with Gasteiger partial charge in [-0.3, -0.25) is 4.79 Å². The normalized spacial score (nSPS) is 13.5. The minimum atomic E-state index is -1.13. The number of hydrogen-bond donors (Lipinski definition) is 2. The van der Waals surface area contributed by atoms with Crippen LogP contribution in [0.3, 0.4) is 0 Å². The Morgan fingerprint density at radius 2 is 1.75 bits per heavy atom. The lowest BCUT2D eigenvalue weighted by Crippen LogP contribution is -2.47. The number of carboxylic acid groups (broad SMARTS) is 1. The predicted octanol–water partition coefficient (Wildman–Crippen LogP) is 2.60. The van der Waals surface area contributed by atoms with Gasteiger partial charge in [0.1, 0.15) is 11.7 Å². The molecular formula is C17H23NO6. The number of benzene rings is 1. The lowest BCUT2D eigenvalue weighted by molar-refractivity contribution is -0.138. The van der Waals surface area contributed by atoms with E-state index in [0.29, 0.717) is 5.56 Å². The molecule has 2 atom stereocenters. The van der Waals surface area contributed by atoms with E-state index < -0.39 is 42.2 Å². The van der Waals surface area contributed by atoms with Gasteiger partial charge in [-0.25, -0.2) is 9.59 Å². The van der Waals surface area contributed by atoms with Gasteiger partial charge in [-0.05, 0) is 39.8 Å². The number of aliphatic carboxylic acids is 1. The van der Waals surface area contributed by atoms with Crippen LogP contribution < -0.4 is 5.32 Å². The Balaban J connectivity index is 2.74. The Morgan fingerprint density at radius 3 is 2.25 bits per heavy atom. The quantitative estimate of drug-likeness (QED) is 0.774. The van der Waals surface area contributed by atoms with E-state index >= 15 is 0 Å². The van der Waals surface area contributed by atoms with Crippen LogP contribution in [0, 0.1) is 0 Å². The van der Waals surface area contributed by atoms with Crippen LogP contribution in [-0.4, -0.2) is 40.9 Å². The number of carboxylic acids is 1. The lowest BCUT2D eigenvalue weighted by Gasteiger charge is -2.26. The summed E-state index contributed by atoms with van der Waals surface area (Å²) in [6.45, 7) is 6.60. The molecule has 0 aliphatic carbocycles. The number of carbonyl (C=O) groups is 3. The molecule has 0 bridgehead atoms. The van der Waals surface area contributed by atoms with Crippen molar-refractivity contribution in [1.82, 2.24) is 5.32 Å². The minimum Gasteiger partial charge on any atom is -0.481 e. The highest BCUT2D eigenvalue weighted by Gasteiger charge is 2.28. The third kappa shape index (κ3) is 7.13. The van der Waals surface area contributed by atoms with Crippen LogP contribution in [0.4, 0.5) is 4.79 Å². The summed E-state index contributed by atoms with van der Waals surface area (Å²) in [5.74, 6) is -1.72. The highest BCUT2D eigenvalue weighted by molar-refractivity contribution is 5.89. The van der Waals surface area contributed by atoms with E-state index in [1.54, 1.807) is 51.1 Å². The SMILES string of the molecule is CC(OC(=O)c1ccccc1)[C@H](CC(=O)O)NC(=O)OC(C)(C)C. The summed E-state index contributed by atoms with van der Waals surface area (Å²) in [7, 11) is 0. The zero-order valence-electron chi connectivity index (χ0n) is 14.2. The average molecular weight is 337 g/mol. The van der Waals surface area contributed by atoms with Crippen molar-refractivity contribution in [3.05, 3.63) is 35.9 Å². The van der Waals surface area contributed by atoms with Crippen molar-refractivity contribution in [2.24, 2.45) is 0 Å². The molecular weight excluding hydrogens is 314 g/mol. The van der Waals surface area contributed by atoms with Gasteiger partial charge in [-0.1, -0.05) is 18.2 Å². The number of amides is 1. The molecule has 7 heteroatoms. The van der Waals surface area contributed by atoms with Gasteiger partial charge in [0.05, 0.1) is 18.0 Å². The Kier molecular flexibility index (Phi) is 6.76. The molecule has 7 nitrogen and oxygen atoms in total. The Morgan fingerprint density at radius 1 is 1.17 bits per heavy atom. The van der Waals surface area contributed by atoms with Crippen LogP contribution in [0.5, 0.6) is 0 Å². The lowest BCUT2D eigenvalue weighted by atomic mass is 10.1. The number of esters is 1. The van der Waals surface area contributed by atoms with E-state index in [4.69, 9.17) is 14.6 Å². The second kappa shape index (κ2) is 8.33. The Labute approximate surface area is 141 Å². The van der Waals surface area contributed by atoms with Gasteiger partial charge in [0.2, 0.25) is 0 Å². The molecule has 0 saturated carbocycles. The molecule has 0 saturated heterocycles. The van der Waals surface area contributed by atoms with Crippen molar-refractivity contribution in [3.8, 4) is 0 Å². The summed E-state index contributed by atoms with van der Waals surface area (Å²) < 4.78 is 10.4. The van der Waals surface area contributed by atoms with Crippen molar-refractivity contribution in [1.29, 1.82) is 0 Å². The van der Waals surface area contributed by atoms with Crippen molar-refractivity contribution in [3.63, 3.8) is 0 Å². The van der Waals surface area contributed by atoms with E-state index in [1.165, 1.54) is 6.92 Å². The summed E-state index contributed by atoms with van der Waals surface area (Å²) >= 11 is 0. The van der Waals surface area contributed by atoms with Gasteiger partial charge in [-0.2, -0.15) is 0 Å². The van der Waals surface area contributed by atoms with Crippen molar-refractivity contribution in [2.75, 3.05) is 0 Å². The molecule has 1 amide bonds. The molecule has 0 radical (unpaired) electrons. The minimum absolute atomic E-state index is 0.343. The van der Waals surface area contributed by atoms with Gasteiger partial charge >= 0.3 is 18.0 Å².